The molecular weight excluding hydrogens is 208 g/mol. The van der Waals surface area contributed by atoms with Gasteiger partial charge in [-0.25, -0.2) is 0 Å². The van der Waals surface area contributed by atoms with Crippen LogP contribution in [0.5, 0.6) is 0 Å². The zero-order valence-corrected chi connectivity index (χ0v) is 9.91. The van der Waals surface area contributed by atoms with Crippen LogP contribution in [0.3, 0.4) is 0 Å². The number of hydrogen-bond acceptors (Lipinski definition) is 4. The average Bonchev–Trinajstić information content (AvgIpc) is 2.53. The van der Waals surface area contributed by atoms with E-state index < -0.39 is 5.97 Å². The van der Waals surface area contributed by atoms with Gasteiger partial charge in [0.05, 0.1) is 5.69 Å². The first kappa shape index (κ1) is 12.7. The number of nitrogens with zero attached hydrogens (tertiary/aromatic N) is 1. The molecule has 1 aromatic heterocycles. The molecule has 0 saturated carbocycles. The number of aliphatic carboxylic acids is 1. The van der Waals surface area contributed by atoms with E-state index in [1.54, 1.807) is 0 Å². The molecule has 0 spiro atoms. The summed E-state index contributed by atoms with van der Waals surface area (Å²) in [6, 6.07) is 0.171. The molecule has 0 bridgehead atoms. The van der Waals surface area contributed by atoms with Gasteiger partial charge in [-0.2, -0.15) is 0 Å². The monoisotopic (exact) mass is 226 g/mol. The fourth-order valence-electron chi connectivity index (χ4n) is 1.47. The molecule has 0 aliphatic carbocycles. The van der Waals surface area contributed by atoms with Crippen molar-refractivity contribution in [1.82, 2.24) is 10.5 Å². The van der Waals surface area contributed by atoms with Crippen molar-refractivity contribution in [2.24, 2.45) is 0 Å². The first-order valence-electron chi connectivity index (χ1n) is 5.37. The van der Waals surface area contributed by atoms with Gasteiger partial charge in [0.25, 0.3) is 0 Å². The minimum absolute atomic E-state index is 0.171. The molecule has 5 heteroatoms. The average molecular weight is 226 g/mol. The Morgan fingerprint density at radius 2 is 2.25 bits per heavy atom. The first-order chi connectivity index (χ1) is 7.50. The van der Waals surface area contributed by atoms with Crippen LogP contribution < -0.4 is 5.32 Å². The molecule has 0 aromatic carbocycles. The molecule has 0 saturated heterocycles. The SMILES string of the molecule is Cc1noc(C)c1CNC(C)CCC(=O)O. The van der Waals surface area contributed by atoms with Gasteiger partial charge in [-0.3, -0.25) is 4.79 Å². The second-order valence-corrected chi connectivity index (χ2v) is 4.02. The van der Waals surface area contributed by atoms with Crippen LogP contribution in [0.1, 0.15) is 36.8 Å². The third kappa shape index (κ3) is 3.66. The van der Waals surface area contributed by atoms with E-state index in [1.807, 2.05) is 20.8 Å². The third-order valence-electron chi connectivity index (χ3n) is 2.60. The van der Waals surface area contributed by atoms with Crippen LogP contribution >= 0.6 is 0 Å². The lowest BCUT2D eigenvalue weighted by atomic mass is 10.1. The number of carboxylic acid groups (broad SMARTS) is 1. The molecule has 1 atom stereocenters. The Hall–Kier alpha value is -1.36. The summed E-state index contributed by atoms with van der Waals surface area (Å²) in [6.07, 6.45) is 0.814. The quantitative estimate of drug-likeness (QED) is 0.771. The molecule has 90 valence electrons. The summed E-state index contributed by atoms with van der Waals surface area (Å²) in [6.45, 7) is 6.41. The summed E-state index contributed by atoms with van der Waals surface area (Å²) in [5, 5.41) is 15.7. The van der Waals surface area contributed by atoms with E-state index in [0.717, 1.165) is 17.0 Å². The predicted octanol–water partition coefficient (Wildman–Crippen LogP) is 1.63. The van der Waals surface area contributed by atoms with Gasteiger partial charge in [-0.1, -0.05) is 5.16 Å². The van der Waals surface area contributed by atoms with Gasteiger partial charge < -0.3 is 14.9 Å². The Balaban J connectivity index is 2.37. The lowest BCUT2D eigenvalue weighted by molar-refractivity contribution is -0.137. The highest BCUT2D eigenvalue weighted by Crippen LogP contribution is 2.12. The van der Waals surface area contributed by atoms with Crippen LogP contribution in [0, 0.1) is 13.8 Å². The van der Waals surface area contributed by atoms with Crippen LogP contribution in [-0.2, 0) is 11.3 Å². The van der Waals surface area contributed by atoms with E-state index in [2.05, 4.69) is 10.5 Å². The molecule has 0 radical (unpaired) electrons. The first-order valence-corrected chi connectivity index (χ1v) is 5.37. The molecule has 1 unspecified atom stereocenters. The number of carbonyl (C=O) groups is 1. The molecule has 5 nitrogen and oxygen atoms in total. The Labute approximate surface area is 94.8 Å². The summed E-state index contributed by atoms with van der Waals surface area (Å²) >= 11 is 0. The molecule has 16 heavy (non-hydrogen) atoms. The van der Waals surface area contributed by atoms with Crippen molar-refractivity contribution in [3.63, 3.8) is 0 Å². The fraction of sp³-hybridized carbons (Fsp3) is 0.636. The summed E-state index contributed by atoms with van der Waals surface area (Å²) in [4.78, 5) is 10.4. The molecule has 1 heterocycles. The molecule has 1 aromatic rings. The molecule has 1 rings (SSSR count). The predicted molar refractivity (Wildman–Crippen MR) is 59.1 cm³/mol. The smallest absolute Gasteiger partial charge is 0.303 e. The molecular formula is C11H18N2O3. The topological polar surface area (TPSA) is 75.4 Å². The Kier molecular flexibility index (Phi) is 4.49. The fourth-order valence-corrected chi connectivity index (χ4v) is 1.47. The van der Waals surface area contributed by atoms with E-state index in [4.69, 9.17) is 9.63 Å². The van der Waals surface area contributed by atoms with Gasteiger partial charge in [-0.05, 0) is 27.2 Å². The highest BCUT2D eigenvalue weighted by atomic mass is 16.5. The third-order valence-corrected chi connectivity index (χ3v) is 2.60. The van der Waals surface area contributed by atoms with E-state index in [-0.39, 0.29) is 12.5 Å². The minimum Gasteiger partial charge on any atom is -0.481 e. The molecule has 0 aliphatic heterocycles. The Morgan fingerprint density at radius 1 is 1.56 bits per heavy atom. The van der Waals surface area contributed by atoms with Gasteiger partial charge in [0, 0.05) is 24.6 Å². The second kappa shape index (κ2) is 5.65. The van der Waals surface area contributed by atoms with Crippen LogP contribution in [-0.4, -0.2) is 22.3 Å². The van der Waals surface area contributed by atoms with E-state index in [0.29, 0.717) is 13.0 Å². The van der Waals surface area contributed by atoms with Crippen LogP contribution in [0.25, 0.3) is 0 Å². The van der Waals surface area contributed by atoms with Crippen molar-refractivity contribution in [3.05, 3.63) is 17.0 Å². The van der Waals surface area contributed by atoms with Gasteiger partial charge in [0.2, 0.25) is 0 Å². The second-order valence-electron chi connectivity index (χ2n) is 4.02. The summed E-state index contributed by atoms with van der Waals surface area (Å²) < 4.78 is 5.04. The zero-order chi connectivity index (χ0) is 12.1. The van der Waals surface area contributed by atoms with Crippen LogP contribution in [0.15, 0.2) is 4.52 Å². The van der Waals surface area contributed by atoms with Crippen LogP contribution in [0.2, 0.25) is 0 Å². The van der Waals surface area contributed by atoms with E-state index >= 15 is 0 Å². The lowest BCUT2D eigenvalue weighted by Crippen LogP contribution is -2.26. The highest BCUT2D eigenvalue weighted by Gasteiger charge is 2.10. The minimum atomic E-state index is -0.758. The van der Waals surface area contributed by atoms with Crippen molar-refractivity contribution < 1.29 is 14.4 Å². The van der Waals surface area contributed by atoms with Gasteiger partial charge in [0.1, 0.15) is 5.76 Å². The van der Waals surface area contributed by atoms with E-state index in [9.17, 15) is 4.79 Å². The van der Waals surface area contributed by atoms with Crippen molar-refractivity contribution >= 4 is 5.97 Å². The van der Waals surface area contributed by atoms with Crippen molar-refractivity contribution in [2.45, 2.75) is 46.2 Å². The molecule has 2 N–H and O–H groups in total. The number of aryl methyl sites for hydroxylation is 2. The lowest BCUT2D eigenvalue weighted by Gasteiger charge is -2.12. The Bertz CT molecular complexity index is 341. The van der Waals surface area contributed by atoms with Gasteiger partial charge in [0.15, 0.2) is 0 Å². The maximum Gasteiger partial charge on any atom is 0.303 e. The molecule has 0 fully saturated rings. The number of rotatable bonds is 6. The summed E-state index contributed by atoms with van der Waals surface area (Å²) in [5.74, 6) is 0.0569. The Morgan fingerprint density at radius 3 is 2.75 bits per heavy atom. The largest absolute Gasteiger partial charge is 0.481 e. The normalized spacial score (nSPS) is 12.7. The summed E-state index contributed by atoms with van der Waals surface area (Å²) in [5.41, 5.74) is 1.94. The number of carboxylic acids is 1. The van der Waals surface area contributed by atoms with Crippen molar-refractivity contribution in [2.75, 3.05) is 0 Å². The highest BCUT2D eigenvalue weighted by molar-refractivity contribution is 5.66. The number of nitrogens with one attached hydrogen (secondary N) is 1. The van der Waals surface area contributed by atoms with Gasteiger partial charge >= 0.3 is 5.97 Å². The standard InChI is InChI=1S/C11H18N2O3/c1-7(4-5-11(14)15)12-6-10-8(2)13-16-9(10)3/h7,12H,4-6H2,1-3H3,(H,14,15). The van der Waals surface area contributed by atoms with Gasteiger partial charge in [-0.15, -0.1) is 0 Å². The number of aromatic nitrogens is 1. The number of hydrogen-bond donors (Lipinski definition) is 2. The molecule has 0 amide bonds. The van der Waals surface area contributed by atoms with Crippen molar-refractivity contribution in [3.8, 4) is 0 Å². The van der Waals surface area contributed by atoms with Crippen LogP contribution in [0.4, 0.5) is 0 Å². The zero-order valence-electron chi connectivity index (χ0n) is 9.91. The van der Waals surface area contributed by atoms with Crippen molar-refractivity contribution in [1.29, 1.82) is 0 Å². The molecule has 0 aliphatic rings. The van der Waals surface area contributed by atoms with E-state index in [1.165, 1.54) is 0 Å². The maximum absolute atomic E-state index is 10.4. The maximum atomic E-state index is 10.4. The summed E-state index contributed by atoms with van der Waals surface area (Å²) in [7, 11) is 0.